The molecule has 3 aromatic carbocycles. The van der Waals surface area contributed by atoms with Gasteiger partial charge in [0.2, 0.25) is 15.9 Å². The number of unbranched alkanes of at least 4 members (excludes halogenated alkanes) is 1. The maximum absolute atomic E-state index is 13.5. The van der Waals surface area contributed by atoms with Gasteiger partial charge in [0.15, 0.2) is 0 Å². The van der Waals surface area contributed by atoms with Crippen LogP contribution in [0.15, 0.2) is 83.8 Å². The number of benzene rings is 3. The number of ether oxygens (including phenoxy) is 1. The number of nitrogen functional groups attached to an aromatic ring is 1. The molecule has 11 heteroatoms. The quantitative estimate of drug-likeness (QED) is 0.119. The summed E-state index contributed by atoms with van der Waals surface area (Å²) < 4.78 is 33.8. The van der Waals surface area contributed by atoms with E-state index in [1.165, 1.54) is 16.4 Å². The second-order valence-electron chi connectivity index (χ2n) is 13.1. The maximum Gasteiger partial charge on any atom is 0.408 e. The van der Waals surface area contributed by atoms with Crippen LogP contribution in [0.2, 0.25) is 0 Å². The fourth-order valence-corrected chi connectivity index (χ4v) is 6.91. The first-order valence-corrected chi connectivity index (χ1v) is 17.5. The standard InChI is InChI=1S/C36H50N4O6S/c1-26(2)24-40(47(44,45)32-20-18-30(37)19-21-32)31(25-41)13-9-10-22-38-34(42)33(39-35(43)46-36(3,4)5)23-27-14-16-29(17-15-27)28-11-7-6-8-12-28/h6-8,11-12,14-21,26,31,33,41H,9-10,13,22-25,37H2,1-5H3,(H,38,42)(H,39,43)/t31-,33-/m0/s1. The molecule has 0 radical (unpaired) electrons. The van der Waals surface area contributed by atoms with Crippen molar-refractivity contribution in [2.45, 2.75) is 82.9 Å². The zero-order valence-corrected chi connectivity index (χ0v) is 28.9. The van der Waals surface area contributed by atoms with Gasteiger partial charge in [0.25, 0.3) is 0 Å². The lowest BCUT2D eigenvalue weighted by atomic mass is 10.0. The Bertz CT molecular complexity index is 1520. The second kappa shape index (κ2) is 17.3. The SMILES string of the molecule is CC(C)CN([C@H](CO)CCCCNC(=O)[C@H](Cc1ccc(-c2ccccc2)cc1)NC(=O)OC(C)(C)C)S(=O)(=O)c1ccc(N)cc1. The van der Waals surface area contributed by atoms with E-state index in [0.29, 0.717) is 31.5 Å². The molecule has 0 spiro atoms. The average molecular weight is 667 g/mol. The van der Waals surface area contributed by atoms with Gasteiger partial charge in [-0.2, -0.15) is 4.31 Å². The largest absolute Gasteiger partial charge is 0.444 e. The van der Waals surface area contributed by atoms with Crippen LogP contribution in [0.1, 0.15) is 59.4 Å². The number of sulfonamides is 1. The Morgan fingerprint density at radius 2 is 1.53 bits per heavy atom. The van der Waals surface area contributed by atoms with Crippen LogP contribution < -0.4 is 16.4 Å². The maximum atomic E-state index is 13.5. The molecule has 0 saturated carbocycles. The van der Waals surface area contributed by atoms with Crippen LogP contribution in [-0.4, -0.2) is 67.2 Å². The normalized spacial score (nSPS) is 13.3. The summed E-state index contributed by atoms with van der Waals surface area (Å²) in [5.41, 5.74) is 8.49. The van der Waals surface area contributed by atoms with Crippen LogP contribution in [0.3, 0.4) is 0 Å². The van der Waals surface area contributed by atoms with Gasteiger partial charge in [0, 0.05) is 31.2 Å². The molecule has 2 amide bonds. The molecular weight excluding hydrogens is 616 g/mol. The molecule has 3 rings (SSSR count). The number of amides is 2. The Hall–Kier alpha value is -3.93. The van der Waals surface area contributed by atoms with E-state index >= 15 is 0 Å². The number of carbonyl (C=O) groups is 2. The van der Waals surface area contributed by atoms with Gasteiger partial charge < -0.3 is 26.2 Å². The van der Waals surface area contributed by atoms with Crippen molar-refractivity contribution >= 4 is 27.7 Å². The van der Waals surface area contributed by atoms with Crippen LogP contribution in [-0.2, 0) is 26.0 Å². The third-order valence-corrected chi connectivity index (χ3v) is 9.35. The highest BCUT2D eigenvalue weighted by molar-refractivity contribution is 7.89. The molecular formula is C36H50N4O6S. The summed E-state index contributed by atoms with van der Waals surface area (Å²) >= 11 is 0. The van der Waals surface area contributed by atoms with Crippen molar-refractivity contribution in [3.8, 4) is 11.1 Å². The van der Waals surface area contributed by atoms with E-state index in [2.05, 4.69) is 10.6 Å². The molecule has 0 heterocycles. The molecule has 256 valence electrons. The number of rotatable bonds is 16. The number of nitrogens with one attached hydrogen (secondary N) is 2. The van der Waals surface area contributed by atoms with Gasteiger partial charge in [-0.05, 0) is 80.5 Å². The van der Waals surface area contributed by atoms with Gasteiger partial charge in [0.05, 0.1) is 11.5 Å². The van der Waals surface area contributed by atoms with E-state index in [1.807, 2.05) is 68.4 Å². The first-order chi connectivity index (χ1) is 22.2. The summed E-state index contributed by atoms with van der Waals surface area (Å²) in [6.45, 7) is 9.35. The number of nitrogens with zero attached hydrogens (tertiary/aromatic N) is 1. The Morgan fingerprint density at radius 1 is 0.915 bits per heavy atom. The fourth-order valence-electron chi connectivity index (χ4n) is 5.10. The van der Waals surface area contributed by atoms with Crippen molar-refractivity contribution in [1.29, 1.82) is 0 Å². The van der Waals surface area contributed by atoms with Crippen LogP contribution in [0.25, 0.3) is 11.1 Å². The van der Waals surface area contributed by atoms with Crippen LogP contribution in [0, 0.1) is 5.92 Å². The average Bonchev–Trinajstić information content (AvgIpc) is 3.01. The van der Waals surface area contributed by atoms with Crippen molar-refractivity contribution in [3.63, 3.8) is 0 Å². The molecule has 10 nitrogen and oxygen atoms in total. The molecule has 47 heavy (non-hydrogen) atoms. The predicted molar refractivity (Wildman–Crippen MR) is 186 cm³/mol. The first-order valence-electron chi connectivity index (χ1n) is 16.1. The second-order valence-corrected chi connectivity index (χ2v) is 15.0. The monoisotopic (exact) mass is 666 g/mol. The van der Waals surface area contributed by atoms with Crippen molar-refractivity contribution in [2.75, 3.05) is 25.4 Å². The molecule has 5 N–H and O–H groups in total. The summed E-state index contributed by atoms with van der Waals surface area (Å²) in [6, 6.07) is 22.4. The third kappa shape index (κ3) is 12.0. The Labute approximate surface area is 279 Å². The number of hydrogen-bond donors (Lipinski definition) is 4. The zero-order chi connectivity index (χ0) is 34.6. The van der Waals surface area contributed by atoms with Crippen LogP contribution >= 0.6 is 0 Å². The number of anilines is 1. The minimum Gasteiger partial charge on any atom is -0.444 e. The van der Waals surface area contributed by atoms with Crippen LogP contribution in [0.5, 0.6) is 0 Å². The van der Waals surface area contributed by atoms with Crippen molar-refractivity contribution < 1.29 is 27.9 Å². The van der Waals surface area contributed by atoms with E-state index in [0.717, 1.165) is 16.7 Å². The Balaban J connectivity index is 1.62. The number of aliphatic hydroxyl groups excluding tert-OH is 1. The number of hydrogen-bond acceptors (Lipinski definition) is 7. The van der Waals surface area contributed by atoms with Gasteiger partial charge in [-0.15, -0.1) is 0 Å². The molecule has 3 aromatic rings. The highest BCUT2D eigenvalue weighted by Crippen LogP contribution is 2.24. The van der Waals surface area contributed by atoms with Gasteiger partial charge in [-0.1, -0.05) is 74.9 Å². The minimum atomic E-state index is -3.87. The molecule has 0 saturated heterocycles. The lowest BCUT2D eigenvalue weighted by molar-refractivity contribution is -0.123. The predicted octanol–water partition coefficient (Wildman–Crippen LogP) is 5.37. The summed E-state index contributed by atoms with van der Waals surface area (Å²) in [7, 11) is -3.87. The summed E-state index contributed by atoms with van der Waals surface area (Å²) in [5, 5.41) is 15.8. The topological polar surface area (TPSA) is 151 Å². The van der Waals surface area contributed by atoms with Gasteiger partial charge in [0.1, 0.15) is 11.6 Å². The first kappa shape index (κ1) is 37.5. The van der Waals surface area contributed by atoms with E-state index in [-0.39, 0.29) is 36.3 Å². The molecule has 0 fully saturated rings. The van der Waals surface area contributed by atoms with E-state index in [9.17, 15) is 23.1 Å². The van der Waals surface area contributed by atoms with Crippen molar-refractivity contribution in [1.82, 2.24) is 14.9 Å². The smallest absolute Gasteiger partial charge is 0.408 e. The summed E-state index contributed by atoms with van der Waals surface area (Å²) in [6.07, 6.45) is 1.09. The lowest BCUT2D eigenvalue weighted by Crippen LogP contribution is -2.49. The van der Waals surface area contributed by atoms with Gasteiger partial charge in [-0.3, -0.25) is 4.79 Å². The number of alkyl carbamates (subject to hydrolysis) is 1. The van der Waals surface area contributed by atoms with Crippen molar-refractivity contribution in [3.05, 3.63) is 84.4 Å². The van der Waals surface area contributed by atoms with E-state index in [1.54, 1.807) is 32.9 Å². The number of nitrogens with two attached hydrogens (primary N) is 1. The van der Waals surface area contributed by atoms with Crippen LogP contribution in [0.4, 0.5) is 10.5 Å². The van der Waals surface area contributed by atoms with Crippen molar-refractivity contribution in [2.24, 2.45) is 5.92 Å². The molecule has 0 aromatic heterocycles. The Kier molecular flexibility index (Phi) is 13.8. The molecule has 0 aliphatic rings. The van der Waals surface area contributed by atoms with Gasteiger partial charge in [-0.25, -0.2) is 13.2 Å². The summed E-state index contributed by atoms with van der Waals surface area (Å²) in [4.78, 5) is 26.1. The van der Waals surface area contributed by atoms with E-state index < -0.39 is 33.8 Å². The minimum absolute atomic E-state index is 0.0378. The Morgan fingerprint density at radius 3 is 2.11 bits per heavy atom. The van der Waals surface area contributed by atoms with E-state index in [4.69, 9.17) is 10.5 Å². The fraction of sp³-hybridized carbons (Fsp3) is 0.444. The van der Waals surface area contributed by atoms with Gasteiger partial charge >= 0.3 is 6.09 Å². The third-order valence-electron chi connectivity index (χ3n) is 7.42. The zero-order valence-electron chi connectivity index (χ0n) is 28.1. The molecule has 2 atom stereocenters. The number of carbonyl (C=O) groups excluding carboxylic acids is 2. The highest BCUT2D eigenvalue weighted by atomic mass is 32.2. The number of aliphatic hydroxyl groups is 1. The molecule has 0 unspecified atom stereocenters. The molecule has 0 aliphatic heterocycles. The lowest BCUT2D eigenvalue weighted by Gasteiger charge is -2.31. The highest BCUT2D eigenvalue weighted by Gasteiger charge is 2.31. The molecule has 0 bridgehead atoms. The molecule has 0 aliphatic carbocycles. The summed E-state index contributed by atoms with van der Waals surface area (Å²) in [5.74, 6) is -0.315.